The van der Waals surface area contributed by atoms with E-state index in [0.29, 0.717) is 6.29 Å². The van der Waals surface area contributed by atoms with Crippen LogP contribution in [0.15, 0.2) is 27.2 Å². The van der Waals surface area contributed by atoms with Crippen LogP contribution in [0.1, 0.15) is 27.2 Å². The van der Waals surface area contributed by atoms with Gasteiger partial charge in [-0.1, -0.05) is 29.2 Å². The zero-order chi connectivity index (χ0) is 22.3. The molecule has 1 saturated carbocycles. The van der Waals surface area contributed by atoms with Gasteiger partial charge < -0.3 is 14.2 Å². The van der Waals surface area contributed by atoms with Crippen LogP contribution in [-0.4, -0.2) is 48.9 Å². The quantitative estimate of drug-likeness (QED) is 0.199. The van der Waals surface area contributed by atoms with Crippen molar-refractivity contribution in [3.8, 4) is 0 Å². The van der Waals surface area contributed by atoms with E-state index in [1.807, 2.05) is 0 Å². The zero-order valence-electron chi connectivity index (χ0n) is 16.5. The zero-order valence-corrected chi connectivity index (χ0v) is 16.5. The molecule has 0 aromatic carbocycles. The molecule has 0 radical (unpaired) electrons. The highest BCUT2D eigenvalue weighted by molar-refractivity contribution is 5.70. The molecule has 0 spiro atoms. The lowest BCUT2D eigenvalue weighted by Gasteiger charge is -2.44. The van der Waals surface area contributed by atoms with Crippen molar-refractivity contribution >= 4 is 12.3 Å². The molecule has 0 saturated heterocycles. The van der Waals surface area contributed by atoms with E-state index in [9.17, 15) is 9.59 Å². The fourth-order valence-corrected chi connectivity index (χ4v) is 3.75. The average molecular weight is 419 g/mol. The van der Waals surface area contributed by atoms with Crippen molar-refractivity contribution in [1.29, 1.82) is 0 Å². The number of allylic oxidation sites excluding steroid dienone is 1. The molecule has 1 aliphatic heterocycles. The summed E-state index contributed by atoms with van der Waals surface area (Å²) in [5.74, 6) is -1.50. The van der Waals surface area contributed by atoms with E-state index in [1.165, 1.54) is 13.0 Å². The Balaban J connectivity index is 2.39. The highest BCUT2D eigenvalue weighted by Gasteiger charge is 2.47. The predicted octanol–water partition coefficient (Wildman–Crippen LogP) is 3.46. The number of hydrogen-bond acceptors (Lipinski definition) is 8. The minimum atomic E-state index is -1.14. The summed E-state index contributed by atoms with van der Waals surface area (Å²) in [6, 6.07) is -2.35. The van der Waals surface area contributed by atoms with Crippen molar-refractivity contribution in [2.45, 2.75) is 63.8 Å². The lowest BCUT2D eigenvalue weighted by Crippen LogP contribution is -2.55. The highest BCUT2D eigenvalue weighted by Crippen LogP contribution is 2.37. The maximum atomic E-state index is 11.6. The van der Waals surface area contributed by atoms with E-state index in [2.05, 4.69) is 30.1 Å². The minimum absolute atomic E-state index is 0.0178. The molecule has 14 heteroatoms. The van der Waals surface area contributed by atoms with Crippen molar-refractivity contribution < 1.29 is 23.8 Å². The Morgan fingerprint density at radius 2 is 1.73 bits per heavy atom. The number of carbonyl (C=O) groups is 2. The molecule has 8 atom stereocenters. The van der Waals surface area contributed by atoms with E-state index in [4.69, 9.17) is 30.8 Å². The first-order valence-corrected chi connectivity index (χ1v) is 9.15. The lowest BCUT2D eigenvalue weighted by atomic mass is 9.78. The molecule has 30 heavy (non-hydrogen) atoms. The van der Waals surface area contributed by atoms with Gasteiger partial charge in [-0.05, 0) is 35.0 Å². The summed E-state index contributed by atoms with van der Waals surface area (Å²) in [5, 5.41) is 11.1. The van der Waals surface area contributed by atoms with Gasteiger partial charge in [0, 0.05) is 27.6 Å². The van der Waals surface area contributed by atoms with E-state index >= 15 is 0 Å². The molecule has 160 valence electrons. The number of azide groups is 3. The summed E-state index contributed by atoms with van der Waals surface area (Å²) < 4.78 is 16.9. The molecule has 14 nitrogen and oxygen atoms in total. The van der Waals surface area contributed by atoms with Crippen LogP contribution in [0.3, 0.4) is 0 Å². The standard InChI is InChI=1S/C16H21N9O5/c1-7-4-10(6-26)29-16(13(7)22-25-19)30-15-8(2)14(28-9(3)27)11(20-23-17)5-12(15)21-24-18/h4,6-8,11-16H,5H2,1-3H3/t7-,8+,11+,12?,13?,14?,15-,16+/m0/s1. The molecule has 1 aliphatic carbocycles. The van der Waals surface area contributed by atoms with Crippen molar-refractivity contribution in [3.63, 3.8) is 0 Å². The largest absolute Gasteiger partial charge is 0.462 e. The molecule has 3 unspecified atom stereocenters. The summed E-state index contributed by atoms with van der Waals surface area (Å²) in [6.07, 6.45) is -0.733. The Kier molecular flexibility index (Phi) is 7.90. The van der Waals surface area contributed by atoms with Crippen LogP contribution in [-0.2, 0) is 23.8 Å². The number of nitrogens with zero attached hydrogens (tertiary/aromatic N) is 9. The monoisotopic (exact) mass is 419 g/mol. The molecule has 1 heterocycles. The summed E-state index contributed by atoms with van der Waals surface area (Å²) in [7, 11) is 0. The maximum Gasteiger partial charge on any atom is 0.302 e. The predicted molar refractivity (Wildman–Crippen MR) is 101 cm³/mol. The second kappa shape index (κ2) is 10.4. The molecule has 0 amide bonds. The first-order chi connectivity index (χ1) is 14.4. The average Bonchev–Trinajstić information content (AvgIpc) is 2.70. The second-order valence-corrected chi connectivity index (χ2v) is 7.04. The van der Waals surface area contributed by atoms with E-state index in [0.717, 1.165) is 0 Å². The van der Waals surface area contributed by atoms with Gasteiger partial charge in [0.1, 0.15) is 12.1 Å². The molecule has 1 fully saturated rings. The normalized spacial score (nSPS) is 35.2. The number of rotatable bonds is 7. The molecule has 0 aromatic rings. The third-order valence-electron chi connectivity index (χ3n) is 5.07. The van der Waals surface area contributed by atoms with Gasteiger partial charge in [-0.2, -0.15) is 0 Å². The smallest absolute Gasteiger partial charge is 0.302 e. The van der Waals surface area contributed by atoms with Crippen LogP contribution in [0.2, 0.25) is 0 Å². The summed E-state index contributed by atoms with van der Waals surface area (Å²) in [6.45, 7) is 4.64. The topological polar surface area (TPSA) is 208 Å². The number of esters is 1. The van der Waals surface area contributed by atoms with Gasteiger partial charge in [0.2, 0.25) is 6.29 Å². The Morgan fingerprint density at radius 3 is 2.27 bits per heavy atom. The van der Waals surface area contributed by atoms with Crippen molar-refractivity contribution in [1.82, 2.24) is 0 Å². The Hall–Kier alpha value is -3.43. The van der Waals surface area contributed by atoms with Crippen molar-refractivity contribution in [2.24, 2.45) is 27.2 Å². The van der Waals surface area contributed by atoms with Gasteiger partial charge in [0.25, 0.3) is 0 Å². The van der Waals surface area contributed by atoms with Crippen LogP contribution >= 0.6 is 0 Å². The third-order valence-corrected chi connectivity index (χ3v) is 5.07. The number of aldehydes is 1. The van der Waals surface area contributed by atoms with Crippen molar-refractivity contribution in [3.05, 3.63) is 43.2 Å². The van der Waals surface area contributed by atoms with Gasteiger partial charge >= 0.3 is 5.97 Å². The van der Waals surface area contributed by atoms with Crippen LogP contribution < -0.4 is 0 Å². The van der Waals surface area contributed by atoms with Gasteiger partial charge in [-0.3, -0.25) is 9.59 Å². The van der Waals surface area contributed by atoms with Gasteiger partial charge in [0.05, 0.1) is 18.2 Å². The van der Waals surface area contributed by atoms with Crippen LogP contribution in [0.4, 0.5) is 0 Å². The van der Waals surface area contributed by atoms with Crippen LogP contribution in [0.25, 0.3) is 31.3 Å². The first-order valence-electron chi connectivity index (χ1n) is 9.15. The number of ether oxygens (including phenoxy) is 3. The molecule has 0 bridgehead atoms. The molecule has 2 aliphatic rings. The van der Waals surface area contributed by atoms with Gasteiger partial charge in [0.15, 0.2) is 12.0 Å². The van der Waals surface area contributed by atoms with E-state index in [1.54, 1.807) is 13.8 Å². The van der Waals surface area contributed by atoms with Crippen LogP contribution in [0, 0.1) is 11.8 Å². The van der Waals surface area contributed by atoms with Gasteiger partial charge in [-0.15, -0.1) is 0 Å². The summed E-state index contributed by atoms with van der Waals surface area (Å²) in [4.78, 5) is 31.2. The Morgan fingerprint density at radius 1 is 1.13 bits per heavy atom. The van der Waals surface area contributed by atoms with E-state index in [-0.39, 0.29) is 18.1 Å². The molecule has 0 N–H and O–H groups in total. The maximum absolute atomic E-state index is 11.6. The molecular weight excluding hydrogens is 398 g/mol. The fraction of sp³-hybridized carbons (Fsp3) is 0.750. The third kappa shape index (κ3) is 5.13. The Labute approximate surface area is 171 Å². The SMILES string of the molecule is CC(=O)OC1[C@@H](C)[C@H](O[C@H]2OC(C=O)=C[C@H](C)C2N=[N+]=[N-])C(N=[N+]=[N-])C[C@H]1N=[N+]=[N-]. The molecular formula is C16H21N9O5. The molecule has 2 rings (SSSR count). The van der Waals surface area contributed by atoms with Crippen LogP contribution in [0.5, 0.6) is 0 Å². The first kappa shape index (κ1) is 22.9. The highest BCUT2D eigenvalue weighted by atomic mass is 16.7. The number of carbonyl (C=O) groups excluding carboxylic acids is 2. The minimum Gasteiger partial charge on any atom is -0.462 e. The molecule has 0 aromatic heterocycles. The summed E-state index contributed by atoms with van der Waals surface area (Å²) >= 11 is 0. The van der Waals surface area contributed by atoms with Gasteiger partial charge in [-0.25, -0.2) is 0 Å². The summed E-state index contributed by atoms with van der Waals surface area (Å²) in [5.41, 5.74) is 26.7. The van der Waals surface area contributed by atoms with Crippen molar-refractivity contribution in [2.75, 3.05) is 0 Å². The fourth-order valence-electron chi connectivity index (χ4n) is 3.75. The number of hydrogen-bond donors (Lipinski definition) is 0. The van der Waals surface area contributed by atoms with E-state index < -0.39 is 48.5 Å². The second-order valence-electron chi connectivity index (χ2n) is 7.04. The lowest BCUT2D eigenvalue weighted by molar-refractivity contribution is -0.208. The Bertz CT molecular complexity index is 844.